The first kappa shape index (κ1) is 20.4. The van der Waals surface area contributed by atoms with Crippen LogP contribution in [0, 0.1) is 11.6 Å². The van der Waals surface area contributed by atoms with Crippen molar-refractivity contribution in [3.8, 4) is 0 Å². The number of anilines is 1. The average molecular weight is 387 g/mol. The molecule has 0 atom stereocenters. The Bertz CT molecular complexity index is 1120. The number of fused-ring (bicyclic) bond motifs is 1. The van der Waals surface area contributed by atoms with Gasteiger partial charge in [0.15, 0.2) is 5.82 Å². The molecule has 0 bridgehead atoms. The van der Waals surface area contributed by atoms with Crippen LogP contribution in [0.25, 0.3) is 10.8 Å². The molecule has 0 saturated carbocycles. The van der Waals surface area contributed by atoms with Crippen molar-refractivity contribution in [3.63, 3.8) is 0 Å². The van der Waals surface area contributed by atoms with E-state index < -0.39 is 26.6 Å². The fourth-order valence-electron chi connectivity index (χ4n) is 2.32. The van der Waals surface area contributed by atoms with E-state index in [1.165, 1.54) is 6.07 Å². The second-order valence-electron chi connectivity index (χ2n) is 5.12. The zero-order valence-electron chi connectivity index (χ0n) is 12.5. The van der Waals surface area contributed by atoms with Crippen LogP contribution in [0.1, 0.15) is 0 Å². The summed E-state index contributed by atoms with van der Waals surface area (Å²) in [4.78, 5) is -0.397. The molecule has 10 heteroatoms. The molecule has 0 aliphatic heterocycles. The van der Waals surface area contributed by atoms with Gasteiger partial charge in [0.05, 0.1) is 5.69 Å². The number of benzene rings is 3. The van der Waals surface area contributed by atoms with Crippen LogP contribution in [0.5, 0.6) is 0 Å². The second-order valence-corrected chi connectivity index (χ2v) is 6.51. The molecule has 3 aromatic carbocycles. The van der Waals surface area contributed by atoms with Crippen molar-refractivity contribution in [1.82, 2.24) is 0 Å². The zero-order valence-corrected chi connectivity index (χ0v) is 13.3. The molecule has 0 saturated heterocycles. The minimum atomic E-state index is -4.55. The van der Waals surface area contributed by atoms with Gasteiger partial charge in [-0.15, -0.1) is 10.2 Å². The van der Waals surface area contributed by atoms with Gasteiger partial charge in [0.1, 0.15) is 22.1 Å². The van der Waals surface area contributed by atoms with Gasteiger partial charge in [-0.25, -0.2) is 8.78 Å². The summed E-state index contributed by atoms with van der Waals surface area (Å²) in [5.74, 6) is -1.70. The maximum absolute atomic E-state index is 13.6. The van der Waals surface area contributed by atoms with E-state index in [-0.39, 0.29) is 52.0 Å². The Hall–Kier alpha value is -1.91. The van der Waals surface area contributed by atoms with E-state index in [2.05, 4.69) is 10.2 Å². The van der Waals surface area contributed by atoms with E-state index in [0.29, 0.717) is 11.5 Å². The van der Waals surface area contributed by atoms with Crippen LogP contribution < -0.4 is 5.73 Å². The van der Waals surface area contributed by atoms with Gasteiger partial charge in [-0.2, -0.15) is 8.42 Å². The Morgan fingerprint density at radius 3 is 2.15 bits per heavy atom. The van der Waals surface area contributed by atoms with Crippen molar-refractivity contribution < 1.29 is 21.8 Å². The fourth-order valence-corrected chi connectivity index (χ4v) is 3.03. The molecule has 0 aromatic heterocycles. The third-order valence-corrected chi connectivity index (χ3v) is 4.37. The van der Waals surface area contributed by atoms with Gasteiger partial charge >= 0.3 is 29.6 Å². The first-order valence-corrected chi connectivity index (χ1v) is 8.37. The van der Waals surface area contributed by atoms with E-state index in [1.807, 2.05) is 0 Å². The number of rotatable bonds is 3. The van der Waals surface area contributed by atoms with E-state index in [9.17, 15) is 21.8 Å². The van der Waals surface area contributed by atoms with Gasteiger partial charge in [0.2, 0.25) is 0 Å². The van der Waals surface area contributed by atoms with Crippen LogP contribution in [0.2, 0.25) is 0 Å². The summed E-state index contributed by atoms with van der Waals surface area (Å²) in [7, 11) is -4.55. The van der Waals surface area contributed by atoms with Crippen molar-refractivity contribution in [2.24, 2.45) is 10.2 Å². The Morgan fingerprint density at radius 2 is 1.54 bits per heavy atom. The van der Waals surface area contributed by atoms with Gasteiger partial charge < -0.3 is 5.73 Å². The zero-order chi connectivity index (χ0) is 18.2. The van der Waals surface area contributed by atoms with E-state index in [1.54, 1.807) is 18.2 Å². The average Bonchev–Trinajstić information content (AvgIpc) is 2.54. The molecule has 130 valence electrons. The molecule has 6 nitrogen and oxygen atoms in total. The summed E-state index contributed by atoms with van der Waals surface area (Å²) >= 11 is 0. The van der Waals surface area contributed by atoms with Crippen molar-refractivity contribution in [3.05, 3.63) is 60.2 Å². The summed E-state index contributed by atoms with van der Waals surface area (Å²) in [5.41, 5.74) is 5.76. The Balaban J connectivity index is 0.00000243. The molecule has 0 amide bonds. The summed E-state index contributed by atoms with van der Waals surface area (Å²) in [6.07, 6.45) is 0. The number of hydrogen-bond donors (Lipinski definition) is 2. The van der Waals surface area contributed by atoms with Crippen molar-refractivity contribution >= 4 is 67.5 Å². The molecular formula is C16H12F2N3NaO3S. The van der Waals surface area contributed by atoms with Gasteiger partial charge in [0, 0.05) is 16.8 Å². The molecule has 0 spiro atoms. The van der Waals surface area contributed by atoms with Crippen molar-refractivity contribution in [1.29, 1.82) is 0 Å². The molecule has 3 aromatic rings. The quantitative estimate of drug-likeness (QED) is 0.309. The van der Waals surface area contributed by atoms with Crippen LogP contribution in [-0.2, 0) is 10.1 Å². The van der Waals surface area contributed by atoms with Gasteiger partial charge in [0.25, 0.3) is 10.1 Å². The van der Waals surface area contributed by atoms with Crippen LogP contribution in [0.3, 0.4) is 0 Å². The monoisotopic (exact) mass is 387 g/mol. The fraction of sp³-hybridized carbons (Fsp3) is 0. The first-order chi connectivity index (χ1) is 11.8. The Morgan fingerprint density at radius 1 is 0.923 bits per heavy atom. The van der Waals surface area contributed by atoms with Gasteiger partial charge in [-0.05, 0) is 18.2 Å². The number of azo groups is 1. The molecule has 0 radical (unpaired) electrons. The third-order valence-electron chi connectivity index (χ3n) is 3.48. The molecule has 3 rings (SSSR count). The molecule has 0 aliphatic rings. The first-order valence-electron chi connectivity index (χ1n) is 6.93. The standard InChI is InChI=1S/C16H11F2N3O3S.Na.H/c17-9-5-6-13(12(18)7-9)20-21-14-8-15(25(22,23)24)10-3-1-2-4-11(10)16(14)19;;/h1-8H,19H2,(H,22,23,24);;/b21-20+;;. The van der Waals surface area contributed by atoms with Gasteiger partial charge in [-0.1, -0.05) is 24.3 Å². The van der Waals surface area contributed by atoms with Crippen LogP contribution >= 0.6 is 0 Å². The topological polar surface area (TPSA) is 105 Å². The Kier molecular flexibility index (Phi) is 6.09. The second kappa shape index (κ2) is 7.77. The number of hydrogen-bond acceptors (Lipinski definition) is 5. The van der Waals surface area contributed by atoms with E-state index in [0.717, 1.165) is 18.2 Å². The summed E-state index contributed by atoms with van der Waals surface area (Å²) in [6, 6.07) is 10.0. The maximum atomic E-state index is 13.6. The molecule has 26 heavy (non-hydrogen) atoms. The van der Waals surface area contributed by atoms with Crippen LogP contribution in [-0.4, -0.2) is 42.5 Å². The SMILES string of the molecule is Nc1c(/N=N/c2ccc(F)cc2F)cc(S(=O)(=O)O)c2ccccc12.[NaH]. The molecule has 0 fully saturated rings. The summed E-state index contributed by atoms with van der Waals surface area (Å²) in [5, 5.41) is 7.94. The number of nitrogens with two attached hydrogens (primary N) is 1. The predicted octanol–water partition coefficient (Wildman–Crippen LogP) is 3.71. The van der Waals surface area contributed by atoms with Gasteiger partial charge in [-0.3, -0.25) is 4.55 Å². The normalized spacial score (nSPS) is 11.7. The van der Waals surface area contributed by atoms with Crippen molar-refractivity contribution in [2.75, 3.05) is 5.73 Å². The molecular weight excluding hydrogens is 375 g/mol. The molecule has 0 aliphatic carbocycles. The number of nitrogen functional groups attached to an aromatic ring is 1. The van der Waals surface area contributed by atoms with Crippen LogP contribution in [0.15, 0.2) is 63.7 Å². The van der Waals surface area contributed by atoms with E-state index >= 15 is 0 Å². The third kappa shape index (κ3) is 4.08. The predicted molar refractivity (Wildman–Crippen MR) is 95.9 cm³/mol. The Labute approximate surface area is 169 Å². The molecule has 0 heterocycles. The van der Waals surface area contributed by atoms with E-state index in [4.69, 9.17) is 5.73 Å². The summed E-state index contributed by atoms with van der Waals surface area (Å²) < 4.78 is 59.2. The number of halogens is 2. The van der Waals surface area contributed by atoms with Crippen LogP contribution in [0.4, 0.5) is 25.8 Å². The number of nitrogens with zero attached hydrogens (tertiary/aromatic N) is 2. The summed E-state index contributed by atoms with van der Waals surface area (Å²) in [6.45, 7) is 0. The minimum absolute atomic E-state index is 0. The molecule has 0 unspecified atom stereocenters. The molecule has 3 N–H and O–H groups in total. The van der Waals surface area contributed by atoms with Crippen molar-refractivity contribution in [2.45, 2.75) is 4.90 Å².